The van der Waals surface area contributed by atoms with E-state index in [9.17, 15) is 0 Å². The molecule has 0 radical (unpaired) electrons. The van der Waals surface area contributed by atoms with Gasteiger partial charge in [-0.05, 0) is 111 Å². The van der Waals surface area contributed by atoms with Crippen LogP contribution in [0.2, 0.25) is 0 Å². The first kappa shape index (κ1) is 25.4. The van der Waals surface area contributed by atoms with Crippen molar-refractivity contribution in [3.8, 4) is 33.5 Å². The first-order chi connectivity index (χ1) is 21.2. The van der Waals surface area contributed by atoms with E-state index < -0.39 is 0 Å². The first-order valence-corrected chi connectivity index (χ1v) is 15.0. The highest BCUT2D eigenvalue weighted by molar-refractivity contribution is 5.93. The van der Waals surface area contributed by atoms with E-state index in [0.717, 1.165) is 28.8 Å². The van der Waals surface area contributed by atoms with Gasteiger partial charge in [0.25, 0.3) is 0 Å². The fourth-order valence-corrected chi connectivity index (χ4v) is 6.94. The summed E-state index contributed by atoms with van der Waals surface area (Å²) in [4.78, 5) is 9.10. The predicted octanol–water partition coefficient (Wildman–Crippen LogP) is 10.1. The van der Waals surface area contributed by atoms with Crippen LogP contribution in [-0.4, -0.2) is 9.97 Å². The molecule has 0 N–H and O–H groups in total. The lowest BCUT2D eigenvalue weighted by Crippen LogP contribution is -2.18. The minimum absolute atomic E-state index is 0.248. The fourth-order valence-electron chi connectivity index (χ4n) is 6.94. The number of pyridine rings is 2. The molecule has 0 saturated carbocycles. The fraction of sp³-hybridized carbons (Fsp3) is 0.0976. The molecule has 43 heavy (non-hydrogen) atoms. The monoisotopic (exact) mass is 550 g/mol. The predicted molar refractivity (Wildman–Crippen MR) is 177 cm³/mol. The van der Waals surface area contributed by atoms with Gasteiger partial charge in [-0.15, -0.1) is 5.73 Å². The summed E-state index contributed by atoms with van der Waals surface area (Å²) in [6.07, 6.45) is 15.6. The molecule has 0 spiro atoms. The molecule has 3 aromatic carbocycles. The molecular weight excluding hydrogens is 520 g/mol. The third-order valence-electron chi connectivity index (χ3n) is 8.96. The van der Waals surface area contributed by atoms with E-state index in [4.69, 9.17) is 4.98 Å². The van der Waals surface area contributed by atoms with E-state index >= 15 is 0 Å². The Labute approximate surface area is 252 Å². The van der Waals surface area contributed by atoms with Crippen molar-refractivity contribution in [2.24, 2.45) is 5.92 Å². The molecule has 2 heterocycles. The Morgan fingerprint density at radius 3 is 2.35 bits per heavy atom. The standard InChI is InChI=1S/C41H30N2/c1-27-21-39-36-16-6-4-14-34(36)35-15-5-7-17-37(35)40(39)25-38(27)33-13-3-2-12-32(33)30-22-29(28-11-10-19-42-26-28)23-31(24-30)41-18-8-9-20-43-41/h2-16,18-20,22-27,35H,21H2,1H3. The van der Waals surface area contributed by atoms with Crippen LogP contribution in [0.15, 0.2) is 157 Å². The van der Waals surface area contributed by atoms with Crippen LogP contribution >= 0.6 is 0 Å². The summed E-state index contributed by atoms with van der Waals surface area (Å²) in [5.74, 6) is 0.614. The molecule has 2 atom stereocenters. The normalized spacial score (nSPS) is 18.3. The van der Waals surface area contributed by atoms with Gasteiger partial charge in [0, 0.05) is 41.2 Å². The van der Waals surface area contributed by atoms with Gasteiger partial charge in [0.1, 0.15) is 0 Å². The van der Waals surface area contributed by atoms with Gasteiger partial charge in [0.15, 0.2) is 0 Å². The van der Waals surface area contributed by atoms with Crippen molar-refractivity contribution < 1.29 is 0 Å². The van der Waals surface area contributed by atoms with Gasteiger partial charge < -0.3 is 0 Å². The molecule has 2 heteroatoms. The zero-order valence-electron chi connectivity index (χ0n) is 24.0. The Kier molecular flexibility index (Phi) is 6.21. The molecule has 2 nitrogen and oxygen atoms in total. The largest absolute Gasteiger partial charge is 0.264 e. The van der Waals surface area contributed by atoms with Crippen molar-refractivity contribution in [1.82, 2.24) is 9.97 Å². The number of nitrogens with zero attached hydrogens (tertiary/aromatic N) is 2. The number of aromatic nitrogens is 2. The van der Waals surface area contributed by atoms with Gasteiger partial charge in [0.05, 0.1) is 5.69 Å². The van der Waals surface area contributed by atoms with Gasteiger partial charge in [-0.3, -0.25) is 9.97 Å². The molecule has 2 aromatic heterocycles. The summed E-state index contributed by atoms with van der Waals surface area (Å²) in [6, 6.07) is 34.8. The quantitative estimate of drug-likeness (QED) is 0.208. The van der Waals surface area contributed by atoms with Crippen molar-refractivity contribution >= 4 is 11.1 Å². The third kappa shape index (κ3) is 4.45. The minimum atomic E-state index is 0.248. The molecule has 0 fully saturated rings. The van der Waals surface area contributed by atoms with E-state index in [1.54, 1.807) is 0 Å². The van der Waals surface area contributed by atoms with Crippen molar-refractivity contribution in [3.05, 3.63) is 174 Å². The maximum absolute atomic E-state index is 4.69. The van der Waals surface area contributed by atoms with Crippen LogP contribution in [0.4, 0.5) is 0 Å². The smallest absolute Gasteiger partial charge is 0.0702 e. The second-order valence-corrected chi connectivity index (χ2v) is 11.6. The Balaban J connectivity index is 1.32. The number of benzene rings is 3. The Bertz CT molecular complexity index is 1980. The van der Waals surface area contributed by atoms with E-state index in [-0.39, 0.29) is 5.92 Å². The summed E-state index contributed by atoms with van der Waals surface area (Å²) < 4.78 is 0. The van der Waals surface area contributed by atoms with Crippen LogP contribution in [0.3, 0.4) is 0 Å². The zero-order chi connectivity index (χ0) is 28.8. The number of allylic oxidation sites excluding steroid dienone is 7. The van der Waals surface area contributed by atoms with E-state index in [1.165, 1.54) is 50.1 Å². The Morgan fingerprint density at radius 2 is 1.51 bits per heavy atom. The molecule has 204 valence electrons. The average molecular weight is 551 g/mol. The van der Waals surface area contributed by atoms with Gasteiger partial charge in [-0.1, -0.05) is 79.7 Å². The summed E-state index contributed by atoms with van der Waals surface area (Å²) >= 11 is 0. The van der Waals surface area contributed by atoms with Gasteiger partial charge in [-0.2, -0.15) is 0 Å². The van der Waals surface area contributed by atoms with Crippen LogP contribution in [0.1, 0.15) is 36.0 Å². The molecule has 0 saturated heterocycles. The SMILES string of the molecule is CC1CC2=C(C=C1c1ccccc1-c1cc(-c3cccnc3)cc(-c3ccccn3)c1)C1=C=CC=CC1c1ccccc12. The molecule has 0 bridgehead atoms. The lowest BCUT2D eigenvalue weighted by molar-refractivity contribution is 0.759. The molecule has 8 rings (SSSR count). The van der Waals surface area contributed by atoms with Crippen molar-refractivity contribution in [3.63, 3.8) is 0 Å². The minimum Gasteiger partial charge on any atom is -0.264 e. The number of hydrogen-bond donors (Lipinski definition) is 0. The molecule has 3 aliphatic rings. The van der Waals surface area contributed by atoms with Crippen LogP contribution in [-0.2, 0) is 0 Å². The van der Waals surface area contributed by atoms with Gasteiger partial charge in [-0.25, -0.2) is 0 Å². The number of rotatable bonds is 4. The summed E-state index contributed by atoms with van der Waals surface area (Å²) in [5.41, 5.74) is 19.8. The Hall–Kier alpha value is -5.30. The maximum atomic E-state index is 4.69. The maximum Gasteiger partial charge on any atom is 0.0702 e. The highest BCUT2D eigenvalue weighted by Crippen LogP contribution is 2.51. The molecule has 0 aliphatic heterocycles. The lowest BCUT2D eigenvalue weighted by atomic mass is 9.68. The second kappa shape index (κ2) is 10.5. The van der Waals surface area contributed by atoms with E-state index in [0.29, 0.717) is 5.92 Å². The Morgan fingerprint density at radius 1 is 0.721 bits per heavy atom. The summed E-state index contributed by atoms with van der Waals surface area (Å²) in [5, 5.41) is 0. The van der Waals surface area contributed by atoms with Crippen LogP contribution in [0, 0.1) is 5.92 Å². The highest BCUT2D eigenvalue weighted by atomic mass is 14.7. The number of hydrogen-bond acceptors (Lipinski definition) is 2. The van der Waals surface area contributed by atoms with Crippen LogP contribution in [0.5, 0.6) is 0 Å². The van der Waals surface area contributed by atoms with E-state index in [2.05, 4.69) is 121 Å². The summed E-state index contributed by atoms with van der Waals surface area (Å²) in [7, 11) is 0. The molecular formula is C41H30N2. The lowest BCUT2D eigenvalue weighted by Gasteiger charge is -2.35. The van der Waals surface area contributed by atoms with Crippen molar-refractivity contribution in [2.45, 2.75) is 19.3 Å². The number of fused-ring (bicyclic) bond motifs is 5. The highest BCUT2D eigenvalue weighted by Gasteiger charge is 2.33. The zero-order valence-corrected chi connectivity index (χ0v) is 24.0. The molecule has 3 aliphatic carbocycles. The second-order valence-electron chi connectivity index (χ2n) is 11.6. The van der Waals surface area contributed by atoms with Crippen LogP contribution in [0.25, 0.3) is 44.7 Å². The first-order valence-electron chi connectivity index (χ1n) is 15.0. The van der Waals surface area contributed by atoms with Crippen LogP contribution < -0.4 is 0 Å². The topological polar surface area (TPSA) is 25.8 Å². The third-order valence-corrected chi connectivity index (χ3v) is 8.96. The van der Waals surface area contributed by atoms with Crippen molar-refractivity contribution in [2.75, 3.05) is 0 Å². The average Bonchev–Trinajstić information content (AvgIpc) is 3.09. The van der Waals surface area contributed by atoms with Crippen molar-refractivity contribution in [1.29, 1.82) is 0 Å². The molecule has 2 unspecified atom stereocenters. The van der Waals surface area contributed by atoms with Gasteiger partial charge >= 0.3 is 0 Å². The summed E-state index contributed by atoms with van der Waals surface area (Å²) in [6.45, 7) is 2.37. The van der Waals surface area contributed by atoms with Gasteiger partial charge in [0.2, 0.25) is 0 Å². The van der Waals surface area contributed by atoms with E-state index in [1.807, 2.05) is 36.8 Å². The molecule has 0 amide bonds. The molecule has 5 aromatic rings.